The van der Waals surface area contributed by atoms with E-state index in [1.54, 1.807) is 49.4 Å². The number of benzene rings is 2. The molecule has 6 heteroatoms. The summed E-state index contributed by atoms with van der Waals surface area (Å²) in [5, 5.41) is 3.24. The van der Waals surface area contributed by atoms with Gasteiger partial charge in [-0.25, -0.2) is 4.79 Å². The number of furan rings is 1. The van der Waals surface area contributed by atoms with Gasteiger partial charge in [0.25, 0.3) is 0 Å². The summed E-state index contributed by atoms with van der Waals surface area (Å²) in [6, 6.07) is 14.1. The predicted octanol–water partition coefficient (Wildman–Crippen LogP) is 4.99. The van der Waals surface area contributed by atoms with Crippen LogP contribution in [0.2, 0.25) is 0 Å². The highest BCUT2D eigenvalue weighted by atomic mass is 79.9. The van der Waals surface area contributed by atoms with E-state index >= 15 is 0 Å². The number of anilines is 1. The molecule has 24 heavy (non-hydrogen) atoms. The molecule has 1 aromatic heterocycles. The number of nitrogens with one attached hydrogen (secondary N) is 1. The lowest BCUT2D eigenvalue weighted by Crippen LogP contribution is -2.15. The Hall–Kier alpha value is -2.60. The first-order chi connectivity index (χ1) is 11.6. The molecule has 0 aliphatic rings. The van der Waals surface area contributed by atoms with Crippen LogP contribution in [-0.4, -0.2) is 18.5 Å². The third kappa shape index (κ3) is 3.05. The number of hydrogen-bond acceptors (Lipinski definition) is 4. The summed E-state index contributed by atoms with van der Waals surface area (Å²) in [6.07, 6.45) is -0.637. The van der Waals surface area contributed by atoms with Gasteiger partial charge in [0.2, 0.25) is 5.78 Å². The molecule has 2 aromatic carbocycles. The van der Waals surface area contributed by atoms with Gasteiger partial charge >= 0.3 is 6.09 Å². The number of para-hydroxylation sites is 1. The topological polar surface area (TPSA) is 68.5 Å². The smallest absolute Gasteiger partial charge is 0.411 e. The first kappa shape index (κ1) is 16.3. The maximum Gasteiger partial charge on any atom is 0.411 e. The summed E-state index contributed by atoms with van der Waals surface area (Å²) < 4.78 is 11.4. The van der Waals surface area contributed by atoms with Crippen LogP contribution in [0.1, 0.15) is 23.0 Å². The lowest BCUT2D eigenvalue weighted by molar-refractivity contribution is 0.101. The first-order valence-corrected chi connectivity index (χ1v) is 8.15. The quantitative estimate of drug-likeness (QED) is 0.639. The minimum Gasteiger partial charge on any atom is -0.450 e. The zero-order valence-electron chi connectivity index (χ0n) is 12.8. The van der Waals surface area contributed by atoms with E-state index in [-0.39, 0.29) is 18.2 Å². The number of fused-ring (bicyclic) bond motifs is 1. The van der Waals surface area contributed by atoms with Crippen LogP contribution in [0, 0.1) is 0 Å². The molecule has 0 saturated carbocycles. The summed E-state index contributed by atoms with van der Waals surface area (Å²) >= 11 is 3.40. The number of ketones is 1. The van der Waals surface area contributed by atoms with E-state index in [9.17, 15) is 9.59 Å². The van der Waals surface area contributed by atoms with E-state index in [0.717, 1.165) is 0 Å². The van der Waals surface area contributed by atoms with E-state index in [1.165, 1.54) is 0 Å². The third-order valence-corrected chi connectivity index (χ3v) is 4.04. The Bertz CT molecular complexity index is 902. The number of rotatable bonds is 4. The number of amides is 1. The van der Waals surface area contributed by atoms with Crippen LogP contribution in [0.5, 0.6) is 0 Å². The summed E-state index contributed by atoms with van der Waals surface area (Å²) in [5.74, 6) is -0.248. The second-order valence-electron chi connectivity index (χ2n) is 4.96. The molecule has 0 fully saturated rings. The monoisotopic (exact) mass is 387 g/mol. The van der Waals surface area contributed by atoms with Gasteiger partial charge in [0, 0.05) is 10.9 Å². The van der Waals surface area contributed by atoms with Crippen LogP contribution >= 0.6 is 15.9 Å². The lowest BCUT2D eigenvalue weighted by atomic mass is 10.1. The average Bonchev–Trinajstić information content (AvgIpc) is 2.95. The SMILES string of the molecule is CCOC(=O)Nc1c(C(=O)c2ccccc2)oc2c(Br)cccc12. The van der Waals surface area contributed by atoms with Crippen molar-refractivity contribution in [3.8, 4) is 0 Å². The number of carbonyl (C=O) groups is 2. The molecule has 122 valence electrons. The standard InChI is InChI=1S/C18H14BrNO4/c1-2-23-18(22)20-14-12-9-6-10-13(19)16(12)24-17(14)15(21)11-7-4-3-5-8-11/h3-10H,2H2,1H3,(H,20,22). The predicted molar refractivity (Wildman–Crippen MR) is 94.4 cm³/mol. The van der Waals surface area contributed by atoms with Gasteiger partial charge in [-0.15, -0.1) is 0 Å². The number of hydrogen-bond donors (Lipinski definition) is 1. The highest BCUT2D eigenvalue weighted by Gasteiger charge is 2.24. The number of halogens is 1. The molecule has 0 atom stereocenters. The molecule has 1 heterocycles. The Morgan fingerprint density at radius 3 is 2.58 bits per heavy atom. The van der Waals surface area contributed by atoms with Crippen LogP contribution in [0.3, 0.4) is 0 Å². The normalized spacial score (nSPS) is 10.6. The van der Waals surface area contributed by atoms with Gasteiger partial charge in [0.1, 0.15) is 5.69 Å². The second kappa shape index (κ2) is 6.88. The van der Waals surface area contributed by atoms with E-state index in [2.05, 4.69) is 21.2 Å². The van der Waals surface area contributed by atoms with Crippen molar-refractivity contribution in [2.45, 2.75) is 6.92 Å². The zero-order valence-corrected chi connectivity index (χ0v) is 14.4. The lowest BCUT2D eigenvalue weighted by Gasteiger charge is -2.05. The van der Waals surface area contributed by atoms with Gasteiger partial charge in [-0.05, 0) is 35.0 Å². The van der Waals surface area contributed by atoms with Crippen LogP contribution in [0.4, 0.5) is 10.5 Å². The summed E-state index contributed by atoms with van der Waals surface area (Å²) in [4.78, 5) is 24.6. The van der Waals surface area contributed by atoms with Crippen molar-refractivity contribution in [2.24, 2.45) is 0 Å². The second-order valence-corrected chi connectivity index (χ2v) is 5.82. The molecule has 3 rings (SSSR count). The molecule has 0 aliphatic carbocycles. The maximum atomic E-state index is 12.8. The molecule has 1 amide bonds. The van der Waals surface area contributed by atoms with Gasteiger partial charge in [-0.3, -0.25) is 10.1 Å². The zero-order chi connectivity index (χ0) is 17.1. The van der Waals surface area contributed by atoms with Crippen molar-refractivity contribution in [3.05, 3.63) is 64.3 Å². The average molecular weight is 388 g/mol. The molecule has 0 unspecified atom stereocenters. The van der Waals surface area contributed by atoms with Crippen LogP contribution in [-0.2, 0) is 4.74 Å². The maximum absolute atomic E-state index is 12.8. The molecule has 0 aliphatic heterocycles. The molecule has 0 spiro atoms. The molecule has 0 radical (unpaired) electrons. The van der Waals surface area contributed by atoms with Crippen molar-refractivity contribution in [1.29, 1.82) is 0 Å². The van der Waals surface area contributed by atoms with E-state index in [0.29, 0.717) is 26.7 Å². The summed E-state index contributed by atoms with van der Waals surface area (Å²) in [5.41, 5.74) is 1.27. The highest BCUT2D eigenvalue weighted by molar-refractivity contribution is 9.10. The van der Waals surface area contributed by atoms with Gasteiger partial charge < -0.3 is 9.15 Å². The Balaban J connectivity index is 2.13. The van der Waals surface area contributed by atoms with Gasteiger partial charge in [-0.1, -0.05) is 36.4 Å². The van der Waals surface area contributed by atoms with Crippen molar-refractivity contribution >= 4 is 44.5 Å². The Morgan fingerprint density at radius 1 is 1.12 bits per heavy atom. The highest BCUT2D eigenvalue weighted by Crippen LogP contribution is 2.36. The first-order valence-electron chi connectivity index (χ1n) is 7.36. The molecular weight excluding hydrogens is 374 g/mol. The van der Waals surface area contributed by atoms with Gasteiger partial charge in [0.05, 0.1) is 11.1 Å². The van der Waals surface area contributed by atoms with E-state index < -0.39 is 6.09 Å². The Morgan fingerprint density at radius 2 is 1.88 bits per heavy atom. The van der Waals surface area contributed by atoms with E-state index in [1.807, 2.05) is 6.07 Å². The third-order valence-electron chi connectivity index (χ3n) is 3.41. The summed E-state index contributed by atoms with van der Waals surface area (Å²) in [6.45, 7) is 1.94. The van der Waals surface area contributed by atoms with E-state index in [4.69, 9.17) is 9.15 Å². The fraction of sp³-hybridized carbons (Fsp3) is 0.111. The fourth-order valence-electron chi connectivity index (χ4n) is 2.36. The van der Waals surface area contributed by atoms with Gasteiger partial charge in [-0.2, -0.15) is 0 Å². The minimum atomic E-state index is -0.637. The molecule has 0 saturated heterocycles. The molecular formula is C18H14BrNO4. The Labute approximate surface area is 146 Å². The van der Waals surface area contributed by atoms with Gasteiger partial charge in [0.15, 0.2) is 11.3 Å². The molecule has 3 aromatic rings. The van der Waals surface area contributed by atoms with Crippen molar-refractivity contribution in [3.63, 3.8) is 0 Å². The largest absolute Gasteiger partial charge is 0.450 e. The fourth-order valence-corrected chi connectivity index (χ4v) is 2.81. The number of ether oxygens (including phenoxy) is 1. The molecule has 5 nitrogen and oxygen atoms in total. The molecule has 0 bridgehead atoms. The molecule has 1 N–H and O–H groups in total. The number of carbonyl (C=O) groups excluding carboxylic acids is 2. The Kier molecular flexibility index (Phi) is 4.66. The van der Waals surface area contributed by atoms with Crippen LogP contribution in [0.15, 0.2) is 57.4 Å². The van der Waals surface area contributed by atoms with Crippen LogP contribution < -0.4 is 5.32 Å². The van der Waals surface area contributed by atoms with Crippen molar-refractivity contribution < 1.29 is 18.7 Å². The van der Waals surface area contributed by atoms with Crippen LogP contribution in [0.25, 0.3) is 11.0 Å². The minimum absolute atomic E-state index is 0.0659. The van der Waals surface area contributed by atoms with Crippen molar-refractivity contribution in [2.75, 3.05) is 11.9 Å². The summed E-state index contributed by atoms with van der Waals surface area (Å²) in [7, 11) is 0. The van der Waals surface area contributed by atoms with Crippen molar-refractivity contribution in [1.82, 2.24) is 0 Å².